The Kier molecular flexibility index (Phi) is 4.75. The van der Waals surface area contributed by atoms with Crippen LogP contribution in [0.4, 0.5) is 0 Å². The first kappa shape index (κ1) is 18.5. The summed E-state index contributed by atoms with van der Waals surface area (Å²) in [6, 6.07) is 8.60. The number of benzene rings is 1. The summed E-state index contributed by atoms with van der Waals surface area (Å²) in [6.45, 7) is 6.85. The van der Waals surface area contributed by atoms with Crippen molar-refractivity contribution < 1.29 is 14.3 Å². The van der Waals surface area contributed by atoms with Crippen LogP contribution in [0.3, 0.4) is 0 Å². The van der Waals surface area contributed by atoms with E-state index in [1.165, 1.54) is 11.1 Å². The summed E-state index contributed by atoms with van der Waals surface area (Å²) in [7, 11) is 0. The van der Waals surface area contributed by atoms with E-state index in [-0.39, 0.29) is 29.8 Å². The van der Waals surface area contributed by atoms with Gasteiger partial charge in [0, 0.05) is 25.2 Å². The van der Waals surface area contributed by atoms with Gasteiger partial charge in [0.2, 0.25) is 5.91 Å². The van der Waals surface area contributed by atoms with Gasteiger partial charge in [-0.1, -0.05) is 24.3 Å². The van der Waals surface area contributed by atoms with E-state index in [0.29, 0.717) is 6.54 Å². The first-order valence-electron chi connectivity index (χ1n) is 10.2. The van der Waals surface area contributed by atoms with Crippen LogP contribution in [-0.4, -0.2) is 41.0 Å². The Balaban J connectivity index is 1.39. The topological polar surface area (TPSA) is 58.6 Å². The number of nitrogens with zero attached hydrogens (tertiary/aromatic N) is 1. The van der Waals surface area contributed by atoms with Gasteiger partial charge in [0.15, 0.2) is 0 Å². The average Bonchev–Trinajstić information content (AvgIpc) is 3.26. The van der Waals surface area contributed by atoms with Gasteiger partial charge in [-0.15, -0.1) is 0 Å². The highest BCUT2D eigenvalue weighted by Crippen LogP contribution is 2.45. The van der Waals surface area contributed by atoms with Crippen LogP contribution < -0.4 is 5.32 Å². The predicted molar refractivity (Wildman–Crippen MR) is 103 cm³/mol. The second-order valence-electron chi connectivity index (χ2n) is 8.97. The van der Waals surface area contributed by atoms with Crippen LogP contribution >= 0.6 is 0 Å². The van der Waals surface area contributed by atoms with Crippen molar-refractivity contribution in [3.05, 3.63) is 35.4 Å². The number of hydrogen-bond acceptors (Lipinski definition) is 4. The third kappa shape index (κ3) is 3.49. The molecule has 2 heterocycles. The van der Waals surface area contributed by atoms with Crippen molar-refractivity contribution in [2.45, 2.75) is 70.1 Å². The molecule has 1 amide bonds. The molecule has 4 rings (SSSR count). The Morgan fingerprint density at radius 3 is 2.70 bits per heavy atom. The zero-order chi connectivity index (χ0) is 19.1. The van der Waals surface area contributed by atoms with E-state index in [1.54, 1.807) is 0 Å². The summed E-state index contributed by atoms with van der Waals surface area (Å²) in [5.74, 6) is -0.567. The lowest BCUT2D eigenvalue weighted by atomic mass is 9.85. The number of hydrogen-bond donors (Lipinski definition) is 1. The van der Waals surface area contributed by atoms with Crippen molar-refractivity contribution in [1.29, 1.82) is 0 Å². The smallest absolute Gasteiger partial charge is 0.307 e. The standard InChI is InChI=1S/C22H30N2O3/c1-21(2,24-12-9-16-7-3-4-8-17(16)14-24)15-23-20(26)18-13-19(25)27-22(18)10-5-6-11-22/h3-4,7-8,18H,5-6,9-15H2,1-2H3,(H,23,26)/t18-/m0/s1. The van der Waals surface area contributed by atoms with E-state index >= 15 is 0 Å². The molecule has 0 bridgehead atoms. The van der Waals surface area contributed by atoms with Crippen LogP contribution in [0.1, 0.15) is 57.1 Å². The van der Waals surface area contributed by atoms with Crippen molar-refractivity contribution in [2.75, 3.05) is 13.1 Å². The molecule has 2 aliphatic heterocycles. The molecule has 146 valence electrons. The summed E-state index contributed by atoms with van der Waals surface area (Å²) < 4.78 is 5.62. The molecule has 5 nitrogen and oxygen atoms in total. The summed E-state index contributed by atoms with van der Waals surface area (Å²) in [5, 5.41) is 3.15. The van der Waals surface area contributed by atoms with Gasteiger partial charge in [-0.3, -0.25) is 14.5 Å². The fourth-order valence-corrected chi connectivity index (χ4v) is 5.00. The number of carbonyl (C=O) groups excluding carboxylic acids is 2. The number of esters is 1. The number of fused-ring (bicyclic) bond motifs is 1. The molecule has 1 aromatic rings. The first-order valence-corrected chi connectivity index (χ1v) is 10.2. The third-order valence-corrected chi connectivity index (χ3v) is 6.77. The van der Waals surface area contributed by atoms with E-state index in [0.717, 1.165) is 45.2 Å². The minimum absolute atomic E-state index is 0.0202. The van der Waals surface area contributed by atoms with E-state index in [2.05, 4.69) is 48.3 Å². The first-order chi connectivity index (χ1) is 12.9. The molecule has 5 heteroatoms. The molecule has 1 aromatic carbocycles. The monoisotopic (exact) mass is 370 g/mol. The van der Waals surface area contributed by atoms with Gasteiger partial charge in [0.25, 0.3) is 0 Å². The largest absolute Gasteiger partial charge is 0.458 e. The van der Waals surface area contributed by atoms with Crippen LogP contribution in [0.25, 0.3) is 0 Å². The maximum atomic E-state index is 12.9. The number of nitrogens with one attached hydrogen (secondary N) is 1. The summed E-state index contributed by atoms with van der Waals surface area (Å²) in [5.41, 5.74) is 2.13. The highest BCUT2D eigenvalue weighted by atomic mass is 16.6. The third-order valence-electron chi connectivity index (χ3n) is 6.77. The van der Waals surface area contributed by atoms with E-state index < -0.39 is 5.60 Å². The lowest BCUT2D eigenvalue weighted by Gasteiger charge is -2.42. The van der Waals surface area contributed by atoms with Gasteiger partial charge in [-0.2, -0.15) is 0 Å². The molecule has 0 unspecified atom stereocenters. The normalized spacial score (nSPS) is 24.7. The molecule has 1 aliphatic carbocycles. The van der Waals surface area contributed by atoms with E-state index in [4.69, 9.17) is 4.74 Å². The highest BCUT2D eigenvalue weighted by molar-refractivity contribution is 5.88. The van der Waals surface area contributed by atoms with Crippen LogP contribution in [0, 0.1) is 5.92 Å². The molecule has 0 aromatic heterocycles. The maximum Gasteiger partial charge on any atom is 0.307 e. The Morgan fingerprint density at radius 2 is 1.96 bits per heavy atom. The molecule has 3 aliphatic rings. The number of ether oxygens (including phenoxy) is 1. The van der Waals surface area contributed by atoms with Crippen LogP contribution in [0.2, 0.25) is 0 Å². The number of amides is 1. The van der Waals surface area contributed by atoms with Crippen LogP contribution in [0.5, 0.6) is 0 Å². The summed E-state index contributed by atoms with van der Waals surface area (Å²) in [6.07, 6.45) is 4.99. The van der Waals surface area contributed by atoms with Crippen molar-refractivity contribution in [3.63, 3.8) is 0 Å². The Hall–Kier alpha value is -1.88. The fraction of sp³-hybridized carbons (Fsp3) is 0.636. The predicted octanol–water partition coefficient (Wildman–Crippen LogP) is 2.82. The van der Waals surface area contributed by atoms with Crippen molar-refractivity contribution >= 4 is 11.9 Å². The molecule has 1 saturated heterocycles. The second kappa shape index (κ2) is 6.93. The molecule has 27 heavy (non-hydrogen) atoms. The highest BCUT2D eigenvalue weighted by Gasteiger charge is 2.54. The lowest BCUT2D eigenvalue weighted by molar-refractivity contribution is -0.150. The Labute approximate surface area is 161 Å². The second-order valence-corrected chi connectivity index (χ2v) is 8.97. The van der Waals surface area contributed by atoms with E-state index in [1.807, 2.05) is 0 Å². The molecule has 1 saturated carbocycles. The molecule has 1 N–H and O–H groups in total. The van der Waals surface area contributed by atoms with Gasteiger partial charge in [0.1, 0.15) is 5.60 Å². The Morgan fingerprint density at radius 1 is 1.26 bits per heavy atom. The summed E-state index contributed by atoms with van der Waals surface area (Å²) in [4.78, 5) is 27.2. The Bertz CT molecular complexity index is 737. The molecular weight excluding hydrogens is 340 g/mol. The SMILES string of the molecule is CC(C)(CNC(=O)[C@@H]1CC(=O)OC12CCCC2)N1CCc2ccccc2C1. The quantitative estimate of drug-likeness (QED) is 0.828. The molecule has 0 radical (unpaired) electrons. The minimum atomic E-state index is -0.532. The van der Waals surface area contributed by atoms with Crippen LogP contribution in [-0.2, 0) is 27.3 Å². The number of carbonyl (C=O) groups is 2. The maximum absolute atomic E-state index is 12.9. The van der Waals surface area contributed by atoms with Gasteiger partial charge < -0.3 is 10.1 Å². The molecular formula is C22H30N2O3. The number of rotatable bonds is 4. The van der Waals surface area contributed by atoms with Gasteiger partial charge in [-0.05, 0) is 57.1 Å². The summed E-state index contributed by atoms with van der Waals surface area (Å²) >= 11 is 0. The van der Waals surface area contributed by atoms with Gasteiger partial charge in [-0.25, -0.2) is 0 Å². The average molecular weight is 370 g/mol. The zero-order valence-corrected chi connectivity index (χ0v) is 16.4. The van der Waals surface area contributed by atoms with Gasteiger partial charge in [0.05, 0.1) is 12.3 Å². The minimum Gasteiger partial charge on any atom is -0.458 e. The van der Waals surface area contributed by atoms with Crippen LogP contribution in [0.15, 0.2) is 24.3 Å². The zero-order valence-electron chi connectivity index (χ0n) is 16.4. The molecule has 2 fully saturated rings. The van der Waals surface area contributed by atoms with E-state index in [9.17, 15) is 9.59 Å². The van der Waals surface area contributed by atoms with Crippen molar-refractivity contribution in [2.24, 2.45) is 5.92 Å². The van der Waals surface area contributed by atoms with Crippen molar-refractivity contribution in [3.8, 4) is 0 Å². The molecule has 1 spiro atoms. The van der Waals surface area contributed by atoms with Gasteiger partial charge >= 0.3 is 5.97 Å². The lowest BCUT2D eigenvalue weighted by Crippen LogP contribution is -2.54. The fourth-order valence-electron chi connectivity index (χ4n) is 5.00. The van der Waals surface area contributed by atoms with Crippen molar-refractivity contribution in [1.82, 2.24) is 10.2 Å². The molecule has 1 atom stereocenters.